The normalized spacial score (nSPS) is 3.00. The van der Waals surface area contributed by atoms with Crippen LogP contribution in [-0.2, 0) is 0 Å². The number of aliphatic hydroxyl groups is 1. The van der Waals surface area contributed by atoms with Crippen LogP contribution >= 0.6 is 0 Å². The van der Waals surface area contributed by atoms with Gasteiger partial charge in [0.25, 0.3) is 0 Å². The molecule has 0 aromatic carbocycles. The topological polar surface area (TPSA) is 20.2 Å². The number of hydrogen-bond donors (Lipinski definition) is 1. The molecule has 0 heterocycles. The fourth-order valence-electron chi connectivity index (χ4n) is 0. The van der Waals surface area contributed by atoms with Crippen LogP contribution in [0.2, 0.25) is 0 Å². The van der Waals surface area contributed by atoms with E-state index in [-0.39, 0.29) is 0 Å². The molecule has 0 bridgehead atoms. The van der Waals surface area contributed by atoms with Crippen molar-refractivity contribution in [3.63, 3.8) is 0 Å². The van der Waals surface area contributed by atoms with Crippen LogP contribution in [0.5, 0.6) is 0 Å². The lowest BCUT2D eigenvalue weighted by Crippen LogP contribution is -1.25. The summed E-state index contributed by atoms with van der Waals surface area (Å²) >= 11 is 0. The van der Waals surface area contributed by atoms with Gasteiger partial charge in [0.2, 0.25) is 0 Å². The van der Waals surface area contributed by atoms with E-state index in [4.69, 9.17) is 5.11 Å². The molecule has 0 atom stereocenters. The van der Waals surface area contributed by atoms with Crippen molar-refractivity contribution in [3.05, 3.63) is 0 Å². The largest absolute Gasteiger partial charge is 0.400 e. The van der Waals surface area contributed by atoms with Gasteiger partial charge < -0.3 is 5.11 Å². The second-order valence-electron chi connectivity index (χ2n) is 0. The minimum absolute atomic E-state index is 1.00. The maximum Gasteiger partial charge on any atom is 0.0319 e. The molecule has 0 fully saturated rings. The lowest BCUT2D eigenvalue weighted by molar-refractivity contribution is 0.399. The first kappa shape index (κ1) is 16.7. The van der Waals surface area contributed by atoms with Gasteiger partial charge in [-0.25, -0.2) is 0 Å². The van der Waals surface area contributed by atoms with Gasteiger partial charge in [0.05, 0.1) is 0 Å². The summed E-state index contributed by atoms with van der Waals surface area (Å²) in [5.74, 6) is 0. The van der Waals surface area contributed by atoms with Crippen molar-refractivity contribution in [1.29, 1.82) is 0 Å². The predicted molar refractivity (Wildman–Crippen MR) is 30.8 cm³/mol. The Bertz CT molecular complexity index is 3.90. The first-order valence-electron chi connectivity index (χ1n) is 2.45. The number of aliphatic hydroxyl groups excluding tert-OH is 1. The first-order chi connectivity index (χ1) is 3.00. The highest BCUT2D eigenvalue weighted by Crippen LogP contribution is 1.15. The summed E-state index contributed by atoms with van der Waals surface area (Å²) in [4.78, 5) is 0. The summed E-state index contributed by atoms with van der Waals surface area (Å²) in [6.07, 6.45) is 0. The lowest BCUT2D eigenvalue weighted by atomic mass is 11.0. The summed E-state index contributed by atoms with van der Waals surface area (Å²) in [5.41, 5.74) is 0. The molecule has 0 rings (SSSR count). The Hall–Kier alpha value is -0.0400. The summed E-state index contributed by atoms with van der Waals surface area (Å²) in [6, 6.07) is 0. The zero-order chi connectivity index (χ0) is 6.00. The van der Waals surface area contributed by atoms with Crippen LogP contribution in [0.1, 0.15) is 27.7 Å². The van der Waals surface area contributed by atoms with E-state index in [1.54, 1.807) is 0 Å². The van der Waals surface area contributed by atoms with E-state index < -0.39 is 0 Å². The maximum atomic E-state index is 7.00. The zero-order valence-corrected chi connectivity index (χ0v) is 5.45. The van der Waals surface area contributed by atoms with Crippen molar-refractivity contribution in [2.75, 3.05) is 7.11 Å². The summed E-state index contributed by atoms with van der Waals surface area (Å²) < 4.78 is 0. The SMILES string of the molecule is CC.CC.CO. The quantitative estimate of drug-likeness (QED) is 0.482. The zero-order valence-electron chi connectivity index (χ0n) is 5.45. The van der Waals surface area contributed by atoms with E-state index in [0.29, 0.717) is 0 Å². The average Bonchev–Trinajstić information content (AvgIpc) is 1.81. The van der Waals surface area contributed by atoms with E-state index in [9.17, 15) is 0 Å². The van der Waals surface area contributed by atoms with Crippen LogP contribution in [0, 0.1) is 0 Å². The van der Waals surface area contributed by atoms with Gasteiger partial charge in [-0.15, -0.1) is 0 Å². The van der Waals surface area contributed by atoms with Gasteiger partial charge in [-0.05, 0) is 0 Å². The Kier molecular flexibility index (Phi) is 136000. The molecule has 42 valence electrons. The van der Waals surface area contributed by atoms with Crippen LogP contribution in [0.4, 0.5) is 0 Å². The van der Waals surface area contributed by atoms with Crippen molar-refractivity contribution in [3.8, 4) is 0 Å². The van der Waals surface area contributed by atoms with Crippen LogP contribution in [0.15, 0.2) is 0 Å². The van der Waals surface area contributed by atoms with Gasteiger partial charge in [0, 0.05) is 7.11 Å². The second kappa shape index (κ2) is 48600. The summed E-state index contributed by atoms with van der Waals surface area (Å²) in [5, 5.41) is 7.00. The fraction of sp³-hybridized carbons (Fsp3) is 1.00. The summed E-state index contributed by atoms with van der Waals surface area (Å²) in [7, 11) is 1.00. The maximum absolute atomic E-state index is 7.00. The van der Waals surface area contributed by atoms with E-state index in [1.165, 1.54) is 0 Å². The first-order valence-corrected chi connectivity index (χ1v) is 2.45. The van der Waals surface area contributed by atoms with E-state index in [1.807, 2.05) is 27.7 Å². The Morgan fingerprint density at radius 1 is 0.667 bits per heavy atom. The second-order valence-corrected chi connectivity index (χ2v) is 0. The molecule has 0 unspecified atom stereocenters. The van der Waals surface area contributed by atoms with Crippen LogP contribution in [0.25, 0.3) is 0 Å². The van der Waals surface area contributed by atoms with Crippen molar-refractivity contribution >= 4 is 0 Å². The third-order valence-corrected chi connectivity index (χ3v) is 0. The average molecular weight is 92.2 g/mol. The highest BCUT2D eigenvalue weighted by Gasteiger charge is 0.934. The minimum Gasteiger partial charge on any atom is -0.400 e. The third kappa shape index (κ3) is 21700. The molecule has 0 aromatic heterocycles. The molecular formula is C5H16O. The molecule has 0 aliphatic heterocycles. The van der Waals surface area contributed by atoms with Gasteiger partial charge in [0.1, 0.15) is 0 Å². The lowest BCUT2D eigenvalue weighted by Gasteiger charge is -1.21. The standard InChI is InChI=1S/2C2H6.CH4O/c3*1-2/h2*1-2H3;2H,1H3. The Morgan fingerprint density at radius 2 is 0.667 bits per heavy atom. The molecular weight excluding hydrogens is 76.1 g/mol. The molecule has 0 saturated carbocycles. The van der Waals surface area contributed by atoms with Gasteiger partial charge >= 0.3 is 0 Å². The highest BCUT2D eigenvalue weighted by atomic mass is 16.2. The van der Waals surface area contributed by atoms with Gasteiger partial charge in [-0.3, -0.25) is 0 Å². The van der Waals surface area contributed by atoms with Gasteiger partial charge in [0.15, 0.2) is 0 Å². The Labute approximate surface area is 41.0 Å². The molecule has 1 nitrogen and oxygen atoms in total. The molecule has 1 N–H and O–H groups in total. The molecule has 0 saturated heterocycles. The van der Waals surface area contributed by atoms with Crippen molar-refractivity contribution in [2.45, 2.75) is 27.7 Å². The van der Waals surface area contributed by atoms with E-state index >= 15 is 0 Å². The highest BCUT2D eigenvalue weighted by molar-refractivity contribution is 3.51. The molecule has 0 aromatic rings. The Morgan fingerprint density at radius 3 is 0.667 bits per heavy atom. The molecule has 1 heteroatoms. The molecule has 6 heavy (non-hydrogen) atoms. The van der Waals surface area contributed by atoms with Crippen LogP contribution in [0.3, 0.4) is 0 Å². The van der Waals surface area contributed by atoms with E-state index in [2.05, 4.69) is 0 Å². The van der Waals surface area contributed by atoms with Crippen LogP contribution in [-0.4, -0.2) is 12.2 Å². The fourth-order valence-corrected chi connectivity index (χ4v) is 0. The molecule has 0 aliphatic rings. The smallest absolute Gasteiger partial charge is 0.0319 e. The van der Waals surface area contributed by atoms with Crippen molar-refractivity contribution in [1.82, 2.24) is 0 Å². The molecule has 0 spiro atoms. The van der Waals surface area contributed by atoms with Crippen molar-refractivity contribution < 1.29 is 5.11 Å². The minimum atomic E-state index is 1.00. The molecule has 0 aliphatic carbocycles. The van der Waals surface area contributed by atoms with Gasteiger partial charge in [-0.1, -0.05) is 27.7 Å². The Balaban J connectivity index is -0.0000000225. The van der Waals surface area contributed by atoms with Crippen LogP contribution < -0.4 is 0 Å². The third-order valence-electron chi connectivity index (χ3n) is 0. The number of hydrogen-bond acceptors (Lipinski definition) is 1. The molecule has 0 amide bonds. The molecule has 0 radical (unpaired) electrons. The monoisotopic (exact) mass is 92.1 g/mol. The predicted octanol–water partition coefficient (Wildman–Crippen LogP) is 1.66. The number of rotatable bonds is 0. The van der Waals surface area contributed by atoms with Crippen molar-refractivity contribution in [2.24, 2.45) is 0 Å². The van der Waals surface area contributed by atoms with Gasteiger partial charge in [-0.2, -0.15) is 0 Å². The summed E-state index contributed by atoms with van der Waals surface area (Å²) in [6.45, 7) is 8.00. The van der Waals surface area contributed by atoms with E-state index in [0.717, 1.165) is 7.11 Å².